The number of para-hydroxylation sites is 1. The molecule has 2 saturated heterocycles. The van der Waals surface area contributed by atoms with Crippen LogP contribution < -0.4 is 14.7 Å². The molecule has 2 aliphatic rings. The molecule has 0 bridgehead atoms. The van der Waals surface area contributed by atoms with Crippen molar-refractivity contribution in [3.05, 3.63) is 54.3 Å². The van der Waals surface area contributed by atoms with Gasteiger partial charge >= 0.3 is 0 Å². The number of benzene rings is 2. The van der Waals surface area contributed by atoms with Crippen LogP contribution in [0.1, 0.15) is 12.8 Å². The van der Waals surface area contributed by atoms with Crippen LogP contribution in [-0.4, -0.2) is 39.3 Å². The van der Waals surface area contributed by atoms with Crippen molar-refractivity contribution in [1.82, 2.24) is 0 Å². The van der Waals surface area contributed by atoms with E-state index in [0.29, 0.717) is 0 Å². The third-order valence-corrected chi connectivity index (χ3v) is 5.16. The van der Waals surface area contributed by atoms with Gasteiger partial charge in [0.05, 0.1) is 5.69 Å². The maximum atomic E-state index is 13.9. The van der Waals surface area contributed by atoms with Gasteiger partial charge in [0, 0.05) is 50.6 Å². The van der Waals surface area contributed by atoms with Gasteiger partial charge in [0.25, 0.3) is 0 Å². The number of hydrogen-bond acceptors (Lipinski definition) is 3. The fourth-order valence-electron chi connectivity index (χ4n) is 3.76. The van der Waals surface area contributed by atoms with Crippen LogP contribution in [0.3, 0.4) is 0 Å². The van der Waals surface area contributed by atoms with Gasteiger partial charge < -0.3 is 14.7 Å². The Labute approximate surface area is 143 Å². The molecule has 0 aliphatic carbocycles. The van der Waals surface area contributed by atoms with Gasteiger partial charge in [-0.3, -0.25) is 0 Å². The number of anilines is 3. The molecule has 2 aromatic carbocycles. The average Bonchev–Trinajstić information content (AvgIpc) is 3.17. The third-order valence-electron chi connectivity index (χ3n) is 5.16. The van der Waals surface area contributed by atoms with Gasteiger partial charge in [0.15, 0.2) is 0 Å². The first-order valence-corrected chi connectivity index (χ1v) is 8.91. The first-order valence-electron chi connectivity index (χ1n) is 8.91. The summed E-state index contributed by atoms with van der Waals surface area (Å²) in [5.41, 5.74) is 3.33. The molecule has 2 fully saturated rings. The summed E-state index contributed by atoms with van der Waals surface area (Å²) in [6, 6.07) is 16.0. The standard InChI is InChI=1S/C20H24FN3/c21-19-5-1-2-6-20(19)24-15-13-23(14-16-24)18-9-7-17(8-10-18)22-11-3-4-12-22/h1-2,5-10H,3-4,11-16H2. The molecular formula is C20H24FN3. The minimum atomic E-state index is -0.124. The highest BCUT2D eigenvalue weighted by atomic mass is 19.1. The van der Waals surface area contributed by atoms with Crippen LogP contribution in [0.5, 0.6) is 0 Å². The Kier molecular flexibility index (Phi) is 4.28. The van der Waals surface area contributed by atoms with Crippen molar-refractivity contribution in [2.45, 2.75) is 12.8 Å². The van der Waals surface area contributed by atoms with Gasteiger partial charge in [-0.15, -0.1) is 0 Å². The molecule has 24 heavy (non-hydrogen) atoms. The number of hydrogen-bond donors (Lipinski definition) is 0. The minimum absolute atomic E-state index is 0.124. The molecule has 0 atom stereocenters. The molecule has 0 radical (unpaired) electrons. The summed E-state index contributed by atoms with van der Waals surface area (Å²) < 4.78 is 13.9. The molecule has 0 amide bonds. The Morgan fingerprint density at radius 1 is 0.583 bits per heavy atom. The fraction of sp³-hybridized carbons (Fsp3) is 0.400. The van der Waals surface area contributed by atoms with Crippen molar-refractivity contribution >= 4 is 17.1 Å². The van der Waals surface area contributed by atoms with E-state index in [1.165, 1.54) is 37.3 Å². The van der Waals surface area contributed by atoms with Crippen molar-refractivity contribution in [2.75, 3.05) is 54.0 Å². The van der Waals surface area contributed by atoms with Crippen LogP contribution in [0.2, 0.25) is 0 Å². The van der Waals surface area contributed by atoms with Crippen LogP contribution in [0, 0.1) is 5.82 Å². The number of nitrogens with zero attached hydrogens (tertiary/aromatic N) is 3. The zero-order valence-corrected chi connectivity index (χ0v) is 14.0. The van der Waals surface area contributed by atoms with Crippen molar-refractivity contribution < 1.29 is 4.39 Å². The Hall–Kier alpha value is -2.23. The summed E-state index contributed by atoms with van der Waals surface area (Å²) in [5, 5.41) is 0. The largest absolute Gasteiger partial charge is 0.372 e. The third kappa shape index (κ3) is 3.05. The van der Waals surface area contributed by atoms with Crippen LogP contribution >= 0.6 is 0 Å². The van der Waals surface area contributed by atoms with Crippen LogP contribution in [-0.2, 0) is 0 Å². The molecule has 4 rings (SSSR count). The highest BCUT2D eigenvalue weighted by Crippen LogP contribution is 2.26. The molecule has 0 saturated carbocycles. The maximum Gasteiger partial charge on any atom is 0.146 e. The normalized spacial score (nSPS) is 18.3. The Bertz CT molecular complexity index is 672. The highest BCUT2D eigenvalue weighted by molar-refractivity contribution is 5.58. The van der Waals surface area contributed by atoms with E-state index in [9.17, 15) is 4.39 Å². The van der Waals surface area contributed by atoms with Gasteiger partial charge in [-0.2, -0.15) is 0 Å². The van der Waals surface area contributed by atoms with E-state index in [0.717, 1.165) is 31.9 Å². The predicted octanol–water partition coefficient (Wildman–Crippen LogP) is 3.75. The zero-order valence-electron chi connectivity index (χ0n) is 14.0. The number of piperazine rings is 1. The molecule has 4 heteroatoms. The first-order chi connectivity index (χ1) is 11.8. The SMILES string of the molecule is Fc1ccccc1N1CCN(c2ccc(N3CCCC3)cc2)CC1. The van der Waals surface area contributed by atoms with Crippen molar-refractivity contribution in [3.8, 4) is 0 Å². The smallest absolute Gasteiger partial charge is 0.146 e. The molecule has 2 aliphatic heterocycles. The van der Waals surface area contributed by atoms with E-state index >= 15 is 0 Å². The molecule has 3 nitrogen and oxygen atoms in total. The second kappa shape index (κ2) is 6.71. The molecule has 0 N–H and O–H groups in total. The topological polar surface area (TPSA) is 9.72 Å². The lowest BCUT2D eigenvalue weighted by Gasteiger charge is -2.37. The summed E-state index contributed by atoms with van der Waals surface area (Å²) in [6.07, 6.45) is 2.61. The molecule has 2 aromatic rings. The Morgan fingerprint density at radius 2 is 1.08 bits per heavy atom. The van der Waals surface area contributed by atoms with E-state index in [1.807, 2.05) is 12.1 Å². The molecule has 2 heterocycles. The summed E-state index contributed by atoms with van der Waals surface area (Å²) in [4.78, 5) is 7.00. The lowest BCUT2D eigenvalue weighted by molar-refractivity contribution is 0.598. The lowest BCUT2D eigenvalue weighted by Crippen LogP contribution is -2.46. The maximum absolute atomic E-state index is 13.9. The summed E-state index contributed by atoms with van der Waals surface area (Å²) in [6.45, 7) is 5.93. The van der Waals surface area contributed by atoms with Gasteiger partial charge in [0.2, 0.25) is 0 Å². The summed E-state index contributed by atoms with van der Waals surface area (Å²) in [5.74, 6) is -0.124. The minimum Gasteiger partial charge on any atom is -0.372 e. The molecule has 0 spiro atoms. The predicted molar refractivity (Wildman–Crippen MR) is 98.7 cm³/mol. The summed E-state index contributed by atoms with van der Waals surface area (Å²) in [7, 11) is 0. The molecule has 0 aromatic heterocycles. The lowest BCUT2D eigenvalue weighted by atomic mass is 10.2. The van der Waals surface area contributed by atoms with Crippen LogP contribution in [0.25, 0.3) is 0 Å². The fourth-order valence-corrected chi connectivity index (χ4v) is 3.76. The van der Waals surface area contributed by atoms with E-state index < -0.39 is 0 Å². The summed E-state index contributed by atoms with van der Waals surface area (Å²) >= 11 is 0. The monoisotopic (exact) mass is 325 g/mol. The highest BCUT2D eigenvalue weighted by Gasteiger charge is 2.20. The Morgan fingerprint density at radius 3 is 1.67 bits per heavy atom. The van der Waals surface area contributed by atoms with Gasteiger partial charge in [-0.1, -0.05) is 12.1 Å². The van der Waals surface area contributed by atoms with Crippen molar-refractivity contribution in [2.24, 2.45) is 0 Å². The van der Waals surface area contributed by atoms with Crippen molar-refractivity contribution in [3.63, 3.8) is 0 Å². The van der Waals surface area contributed by atoms with Crippen LogP contribution in [0.4, 0.5) is 21.5 Å². The second-order valence-electron chi connectivity index (χ2n) is 6.64. The first kappa shape index (κ1) is 15.3. The van der Waals surface area contributed by atoms with E-state index in [4.69, 9.17) is 0 Å². The average molecular weight is 325 g/mol. The molecule has 126 valence electrons. The van der Waals surface area contributed by atoms with E-state index in [-0.39, 0.29) is 5.82 Å². The molecule has 0 unspecified atom stereocenters. The quantitative estimate of drug-likeness (QED) is 0.851. The van der Waals surface area contributed by atoms with Gasteiger partial charge in [0.1, 0.15) is 5.82 Å². The second-order valence-corrected chi connectivity index (χ2v) is 6.64. The van der Waals surface area contributed by atoms with Crippen molar-refractivity contribution in [1.29, 1.82) is 0 Å². The molecular weight excluding hydrogens is 301 g/mol. The van der Waals surface area contributed by atoms with E-state index in [2.05, 4.69) is 39.0 Å². The van der Waals surface area contributed by atoms with E-state index in [1.54, 1.807) is 12.1 Å². The van der Waals surface area contributed by atoms with Gasteiger partial charge in [-0.05, 0) is 49.2 Å². The Balaban J connectivity index is 1.39. The van der Waals surface area contributed by atoms with Crippen LogP contribution in [0.15, 0.2) is 48.5 Å². The van der Waals surface area contributed by atoms with Gasteiger partial charge in [-0.25, -0.2) is 4.39 Å². The number of rotatable bonds is 3. The zero-order chi connectivity index (χ0) is 16.4. The number of halogens is 1.